The molecule has 1 aromatic rings. The molecule has 7 nitrogen and oxygen atoms in total. The maximum atomic E-state index is 11.9. The Labute approximate surface area is 148 Å². The lowest BCUT2D eigenvalue weighted by Crippen LogP contribution is -2.32. The summed E-state index contributed by atoms with van der Waals surface area (Å²) >= 11 is 0. The van der Waals surface area contributed by atoms with Gasteiger partial charge in [0, 0.05) is 24.8 Å². The van der Waals surface area contributed by atoms with E-state index in [1.807, 2.05) is 18.2 Å². The number of hydroxylamine groups is 2. The molecule has 0 bridgehead atoms. The lowest BCUT2D eigenvalue weighted by atomic mass is 10.4. The third-order valence-corrected chi connectivity index (χ3v) is 6.98. The highest BCUT2D eigenvalue weighted by Gasteiger charge is 2.33. The van der Waals surface area contributed by atoms with Gasteiger partial charge in [-0.15, -0.1) is 5.06 Å². The summed E-state index contributed by atoms with van der Waals surface area (Å²) in [7, 11) is 1.54. The number of carbonyl (C=O) groups is 3. The first kappa shape index (κ1) is 18.9. The van der Waals surface area contributed by atoms with Crippen LogP contribution in [0.2, 0.25) is 0 Å². The summed E-state index contributed by atoms with van der Waals surface area (Å²) in [6.45, 7) is 0. The molecule has 10 heteroatoms. The van der Waals surface area contributed by atoms with E-state index in [4.69, 9.17) is 4.84 Å². The van der Waals surface area contributed by atoms with E-state index in [1.54, 1.807) is 17.0 Å². The summed E-state index contributed by atoms with van der Waals surface area (Å²) in [4.78, 5) is 43.1. The first-order chi connectivity index (χ1) is 11.6. The van der Waals surface area contributed by atoms with Gasteiger partial charge in [-0.1, -0.05) is 21.4 Å². The van der Waals surface area contributed by atoms with Gasteiger partial charge in [0.1, 0.15) is 5.03 Å². The van der Waals surface area contributed by atoms with Crippen LogP contribution in [0.1, 0.15) is 19.3 Å². The number of aromatic nitrogens is 1. The molecule has 1 fully saturated rings. The smallest absolute Gasteiger partial charge is 0.330 e. The number of hydrogen-bond acceptors (Lipinski definition) is 8. The third-order valence-electron chi connectivity index (χ3n) is 2.97. The predicted molar refractivity (Wildman–Crippen MR) is 91.7 cm³/mol. The van der Waals surface area contributed by atoms with Crippen molar-refractivity contribution >= 4 is 47.2 Å². The van der Waals surface area contributed by atoms with E-state index in [-0.39, 0.29) is 25.4 Å². The zero-order valence-corrected chi connectivity index (χ0v) is 15.3. The van der Waals surface area contributed by atoms with Crippen molar-refractivity contribution in [2.24, 2.45) is 0 Å². The van der Waals surface area contributed by atoms with Crippen LogP contribution in [0.4, 0.5) is 0 Å². The van der Waals surface area contributed by atoms with Gasteiger partial charge in [-0.05, 0) is 22.9 Å². The van der Waals surface area contributed by atoms with Crippen molar-refractivity contribution in [1.82, 2.24) is 10.0 Å². The van der Waals surface area contributed by atoms with Crippen molar-refractivity contribution in [2.75, 3.05) is 18.1 Å². The van der Waals surface area contributed by atoms with E-state index in [0.29, 0.717) is 17.0 Å². The maximum Gasteiger partial charge on any atom is 0.340 e. The maximum absolute atomic E-state index is 11.9. The Morgan fingerprint density at radius 2 is 2.00 bits per heavy atom. The predicted octanol–water partition coefficient (Wildman–Crippen LogP) is 2.65. The summed E-state index contributed by atoms with van der Waals surface area (Å²) in [5.41, 5.74) is 0. The van der Waals surface area contributed by atoms with Crippen LogP contribution in [-0.2, 0) is 23.8 Å². The molecule has 1 atom stereocenters. The van der Waals surface area contributed by atoms with Gasteiger partial charge in [0.05, 0.1) is 6.42 Å². The van der Waals surface area contributed by atoms with Gasteiger partial charge >= 0.3 is 13.8 Å². The van der Waals surface area contributed by atoms with E-state index >= 15 is 0 Å². The molecule has 2 amide bonds. The fourth-order valence-electron chi connectivity index (χ4n) is 1.77. The summed E-state index contributed by atoms with van der Waals surface area (Å²) < 4.78 is 11.9. The highest BCUT2D eigenvalue weighted by atomic mass is 33.1. The lowest BCUT2D eigenvalue weighted by Gasteiger charge is -2.11. The van der Waals surface area contributed by atoms with Crippen molar-refractivity contribution in [2.45, 2.75) is 24.3 Å². The Hall–Kier alpha value is -1.44. The van der Waals surface area contributed by atoms with Gasteiger partial charge in [0.25, 0.3) is 11.8 Å². The minimum Gasteiger partial charge on any atom is -0.330 e. The summed E-state index contributed by atoms with van der Waals surface area (Å²) in [6, 6.07) is 5.64. The van der Waals surface area contributed by atoms with Crippen molar-refractivity contribution in [3.63, 3.8) is 0 Å². The summed E-state index contributed by atoms with van der Waals surface area (Å²) in [6.07, 6.45) is 2.42. The Kier molecular flexibility index (Phi) is 7.68. The molecule has 0 spiro atoms. The SMILES string of the molecule is O=C(CC[P+](=O)CCSSc1ccccn1)ON1C(=O)CCC1=O. The largest absolute Gasteiger partial charge is 0.340 e. The number of pyridine rings is 1. The second-order valence-corrected chi connectivity index (χ2v) is 9.09. The second-order valence-electron chi connectivity index (χ2n) is 4.80. The van der Waals surface area contributed by atoms with Crippen molar-refractivity contribution in [1.29, 1.82) is 0 Å². The molecule has 0 aliphatic carbocycles. The number of carbonyl (C=O) groups excluding carboxylic acids is 3. The Morgan fingerprint density at radius 3 is 2.67 bits per heavy atom. The average molecular weight is 387 g/mol. The molecule has 1 aliphatic heterocycles. The van der Waals surface area contributed by atoms with Gasteiger partial charge < -0.3 is 4.84 Å². The quantitative estimate of drug-likeness (QED) is 0.276. The third kappa shape index (κ3) is 6.22. The molecular formula is C14H16N2O5PS2+. The number of hydrogen-bond donors (Lipinski definition) is 0. The van der Waals surface area contributed by atoms with Gasteiger partial charge in [-0.25, -0.2) is 9.78 Å². The number of nitrogens with zero attached hydrogens (tertiary/aromatic N) is 2. The molecule has 1 saturated heterocycles. The first-order valence-electron chi connectivity index (χ1n) is 7.25. The molecule has 0 N–H and O–H groups in total. The van der Waals surface area contributed by atoms with Crippen LogP contribution in [0.5, 0.6) is 0 Å². The molecule has 1 aromatic heterocycles. The van der Waals surface area contributed by atoms with Gasteiger partial charge in [-0.3, -0.25) is 9.59 Å². The van der Waals surface area contributed by atoms with Crippen LogP contribution >= 0.6 is 29.4 Å². The molecule has 0 radical (unpaired) electrons. The normalized spacial score (nSPS) is 14.8. The van der Waals surface area contributed by atoms with E-state index in [1.165, 1.54) is 10.8 Å². The first-order valence-corrected chi connectivity index (χ1v) is 11.2. The Morgan fingerprint density at radius 1 is 1.25 bits per heavy atom. The minimum absolute atomic E-state index is 0.0611. The van der Waals surface area contributed by atoms with Crippen molar-refractivity contribution in [3.05, 3.63) is 24.4 Å². The standard InChI is InChI=1S/C14H16N2O5PS2/c17-12-4-5-13(18)16(12)21-14(19)6-8-22(20)9-10-23-24-11-3-1-2-7-15-11/h1-3,7H,4-6,8-10H2/q+1. The average Bonchev–Trinajstić information content (AvgIpc) is 2.90. The zero-order valence-electron chi connectivity index (χ0n) is 12.8. The fourth-order valence-corrected chi connectivity index (χ4v) is 5.56. The monoisotopic (exact) mass is 387 g/mol. The molecule has 24 heavy (non-hydrogen) atoms. The van der Waals surface area contributed by atoms with E-state index < -0.39 is 25.6 Å². The van der Waals surface area contributed by atoms with Crippen molar-refractivity contribution < 1.29 is 23.8 Å². The van der Waals surface area contributed by atoms with Gasteiger partial charge in [-0.2, -0.15) is 0 Å². The highest BCUT2D eigenvalue weighted by molar-refractivity contribution is 8.76. The van der Waals surface area contributed by atoms with E-state index in [2.05, 4.69) is 4.98 Å². The van der Waals surface area contributed by atoms with E-state index in [9.17, 15) is 18.9 Å². The van der Waals surface area contributed by atoms with E-state index in [0.717, 1.165) is 5.03 Å². The minimum atomic E-state index is -1.53. The van der Waals surface area contributed by atoms with Gasteiger partial charge in [0.2, 0.25) is 0 Å². The molecule has 1 aliphatic rings. The van der Waals surface area contributed by atoms with Crippen LogP contribution in [0, 0.1) is 0 Å². The molecule has 0 aromatic carbocycles. The summed E-state index contributed by atoms with van der Waals surface area (Å²) in [5.74, 6) is -1.06. The van der Waals surface area contributed by atoms with Gasteiger partial charge in [0.15, 0.2) is 12.3 Å². The fraction of sp³-hybridized carbons (Fsp3) is 0.429. The zero-order chi connectivity index (χ0) is 17.4. The van der Waals surface area contributed by atoms with Crippen LogP contribution in [0.3, 0.4) is 0 Å². The van der Waals surface area contributed by atoms with Crippen LogP contribution in [0.15, 0.2) is 29.4 Å². The Bertz CT molecular complexity index is 613. The summed E-state index contributed by atoms with van der Waals surface area (Å²) in [5, 5.41) is 1.40. The highest BCUT2D eigenvalue weighted by Crippen LogP contribution is 2.32. The number of rotatable bonds is 9. The Balaban J connectivity index is 1.58. The molecular weight excluding hydrogens is 371 g/mol. The molecule has 2 rings (SSSR count). The van der Waals surface area contributed by atoms with Crippen LogP contribution in [-0.4, -0.2) is 45.9 Å². The molecule has 128 valence electrons. The molecule has 0 saturated carbocycles. The van der Waals surface area contributed by atoms with Crippen LogP contribution in [0.25, 0.3) is 0 Å². The number of imide groups is 1. The van der Waals surface area contributed by atoms with Crippen molar-refractivity contribution in [3.8, 4) is 0 Å². The lowest BCUT2D eigenvalue weighted by molar-refractivity contribution is -0.197. The van der Waals surface area contributed by atoms with Crippen LogP contribution < -0.4 is 0 Å². The topological polar surface area (TPSA) is 93.6 Å². The molecule has 1 unspecified atom stereocenters. The second kappa shape index (κ2) is 9.76. The molecule has 2 heterocycles. The number of amides is 2.